The molecule has 1 fully saturated rings. The Morgan fingerprint density at radius 1 is 1.21 bits per heavy atom. The van der Waals surface area contributed by atoms with E-state index in [1.54, 1.807) is 6.20 Å². The fourth-order valence-corrected chi connectivity index (χ4v) is 3.99. The molecular formula is C21H25N3O4. The summed E-state index contributed by atoms with van der Waals surface area (Å²) in [6.45, 7) is 1.64. The number of rotatable bonds is 5. The second kappa shape index (κ2) is 8.58. The maximum absolute atomic E-state index is 11.5. The molecule has 7 heteroatoms. The molecular weight excluding hydrogens is 358 g/mol. The highest BCUT2D eigenvalue weighted by atomic mass is 16.6. The number of amides is 1. The molecule has 2 aromatic rings. The molecule has 2 aliphatic heterocycles. The summed E-state index contributed by atoms with van der Waals surface area (Å²) in [5.41, 5.74) is 1.17. The Bertz CT molecular complexity index is 793. The van der Waals surface area contributed by atoms with Gasteiger partial charge < -0.3 is 19.9 Å². The molecule has 0 spiro atoms. The number of aliphatic hydroxyl groups excluding tert-OH is 1. The Hall–Kier alpha value is -2.64. The largest absolute Gasteiger partial charge is 0.484 e. The average Bonchev–Trinajstić information content (AvgIpc) is 2.76. The van der Waals surface area contributed by atoms with Gasteiger partial charge in [-0.3, -0.25) is 9.69 Å². The predicted molar refractivity (Wildman–Crippen MR) is 103 cm³/mol. The highest BCUT2D eigenvalue weighted by Crippen LogP contribution is 2.36. The summed E-state index contributed by atoms with van der Waals surface area (Å²) in [6.07, 6.45) is 3.19. The molecule has 0 aliphatic carbocycles. The first-order valence-electron chi connectivity index (χ1n) is 9.68. The van der Waals surface area contributed by atoms with Gasteiger partial charge in [0.15, 0.2) is 11.9 Å². The number of aromatic nitrogens is 1. The molecule has 2 aliphatic rings. The summed E-state index contributed by atoms with van der Waals surface area (Å²) in [6, 6.07) is 14.1. The SMILES string of the molecule is O=C(CO)NC1CCN(C(c2ccccc2)[C@H]2COc3cccnc3O2)CC1. The highest BCUT2D eigenvalue weighted by molar-refractivity contribution is 5.77. The van der Waals surface area contributed by atoms with Gasteiger partial charge in [0.25, 0.3) is 5.88 Å². The molecule has 3 heterocycles. The van der Waals surface area contributed by atoms with Gasteiger partial charge >= 0.3 is 0 Å². The summed E-state index contributed by atoms with van der Waals surface area (Å²) in [5.74, 6) is 0.894. The zero-order valence-corrected chi connectivity index (χ0v) is 15.7. The van der Waals surface area contributed by atoms with E-state index in [0.717, 1.165) is 25.9 Å². The second-order valence-electron chi connectivity index (χ2n) is 7.17. The van der Waals surface area contributed by atoms with Gasteiger partial charge in [0.1, 0.15) is 13.2 Å². The van der Waals surface area contributed by atoms with Crippen LogP contribution >= 0.6 is 0 Å². The monoisotopic (exact) mass is 383 g/mol. The summed E-state index contributed by atoms with van der Waals surface area (Å²) >= 11 is 0. The molecule has 0 saturated carbocycles. The molecule has 1 amide bonds. The highest BCUT2D eigenvalue weighted by Gasteiger charge is 2.36. The number of aliphatic hydroxyl groups is 1. The molecule has 1 saturated heterocycles. The van der Waals surface area contributed by atoms with Gasteiger partial charge in [-0.2, -0.15) is 0 Å². The summed E-state index contributed by atoms with van der Waals surface area (Å²) < 4.78 is 12.1. The molecule has 7 nitrogen and oxygen atoms in total. The van der Waals surface area contributed by atoms with E-state index in [9.17, 15) is 4.79 Å². The number of benzene rings is 1. The molecule has 2 N–H and O–H groups in total. The van der Waals surface area contributed by atoms with Crippen LogP contribution in [0, 0.1) is 0 Å². The van der Waals surface area contributed by atoms with E-state index in [2.05, 4.69) is 27.3 Å². The van der Waals surface area contributed by atoms with Crippen LogP contribution in [-0.4, -0.2) is 59.3 Å². The van der Waals surface area contributed by atoms with E-state index in [0.29, 0.717) is 18.2 Å². The zero-order chi connectivity index (χ0) is 19.3. The Morgan fingerprint density at radius 3 is 2.75 bits per heavy atom. The van der Waals surface area contributed by atoms with Crippen molar-refractivity contribution in [3.8, 4) is 11.6 Å². The van der Waals surface area contributed by atoms with E-state index < -0.39 is 6.61 Å². The molecule has 4 rings (SSSR count). The normalized spacial score (nSPS) is 21.1. The number of carbonyl (C=O) groups excluding carboxylic acids is 1. The van der Waals surface area contributed by atoms with Crippen molar-refractivity contribution in [1.82, 2.24) is 15.2 Å². The predicted octanol–water partition coefficient (Wildman–Crippen LogP) is 1.54. The van der Waals surface area contributed by atoms with Crippen LogP contribution in [0.5, 0.6) is 11.6 Å². The van der Waals surface area contributed by atoms with E-state index in [1.807, 2.05) is 30.3 Å². The third-order valence-corrected chi connectivity index (χ3v) is 5.33. The Kier molecular flexibility index (Phi) is 5.73. The second-order valence-corrected chi connectivity index (χ2v) is 7.17. The maximum Gasteiger partial charge on any atom is 0.257 e. The number of piperidine rings is 1. The molecule has 0 radical (unpaired) electrons. The quantitative estimate of drug-likeness (QED) is 0.815. The lowest BCUT2D eigenvalue weighted by atomic mass is 9.95. The van der Waals surface area contributed by atoms with Crippen LogP contribution in [0.1, 0.15) is 24.4 Å². The minimum absolute atomic E-state index is 0.0332. The van der Waals surface area contributed by atoms with Crippen LogP contribution in [0.15, 0.2) is 48.7 Å². The standard InChI is InChI=1S/C21H25N3O4/c25-13-19(26)23-16-8-11-24(12-9-16)20(15-5-2-1-3-6-15)18-14-27-17-7-4-10-22-21(17)28-18/h1-7,10,16,18,20,25H,8-9,11-14H2,(H,23,26)/t18-,20?/m1/s1. The molecule has 1 unspecified atom stereocenters. The number of carbonyl (C=O) groups is 1. The van der Waals surface area contributed by atoms with Gasteiger partial charge in [0, 0.05) is 25.3 Å². The lowest BCUT2D eigenvalue weighted by Gasteiger charge is -2.42. The minimum atomic E-state index is -0.466. The third-order valence-electron chi connectivity index (χ3n) is 5.33. The van der Waals surface area contributed by atoms with E-state index >= 15 is 0 Å². The number of nitrogens with zero attached hydrogens (tertiary/aromatic N) is 2. The Labute approximate surface area is 164 Å². The number of hydrogen-bond acceptors (Lipinski definition) is 6. The molecule has 1 aromatic heterocycles. The van der Waals surface area contributed by atoms with Gasteiger partial charge in [0.2, 0.25) is 5.91 Å². The van der Waals surface area contributed by atoms with Crippen molar-refractivity contribution in [1.29, 1.82) is 0 Å². The molecule has 0 bridgehead atoms. The zero-order valence-electron chi connectivity index (χ0n) is 15.7. The summed E-state index contributed by atoms with van der Waals surface area (Å²) in [4.78, 5) is 18.2. The first-order chi connectivity index (χ1) is 13.7. The van der Waals surface area contributed by atoms with E-state index in [1.165, 1.54) is 5.56 Å². The van der Waals surface area contributed by atoms with Gasteiger partial charge in [-0.25, -0.2) is 4.98 Å². The van der Waals surface area contributed by atoms with Crippen molar-refractivity contribution in [2.24, 2.45) is 0 Å². The van der Waals surface area contributed by atoms with Crippen molar-refractivity contribution < 1.29 is 19.4 Å². The van der Waals surface area contributed by atoms with Crippen LogP contribution in [0.4, 0.5) is 0 Å². The molecule has 148 valence electrons. The van der Waals surface area contributed by atoms with Crippen molar-refractivity contribution in [2.45, 2.75) is 31.0 Å². The number of pyridine rings is 1. The lowest BCUT2D eigenvalue weighted by Crippen LogP contribution is -2.50. The average molecular weight is 383 g/mol. The van der Waals surface area contributed by atoms with Crippen molar-refractivity contribution in [3.63, 3.8) is 0 Å². The number of ether oxygens (including phenoxy) is 2. The fourth-order valence-electron chi connectivity index (χ4n) is 3.99. The summed E-state index contributed by atoms with van der Waals surface area (Å²) in [5, 5.41) is 11.8. The van der Waals surface area contributed by atoms with Crippen LogP contribution in [0.25, 0.3) is 0 Å². The lowest BCUT2D eigenvalue weighted by molar-refractivity contribution is -0.125. The number of nitrogens with one attached hydrogen (secondary N) is 1. The third kappa shape index (κ3) is 4.10. The smallest absolute Gasteiger partial charge is 0.257 e. The molecule has 1 aromatic carbocycles. The Morgan fingerprint density at radius 2 is 2.00 bits per heavy atom. The first kappa shape index (κ1) is 18.7. The maximum atomic E-state index is 11.5. The Balaban J connectivity index is 1.51. The van der Waals surface area contributed by atoms with E-state index in [-0.39, 0.29) is 24.1 Å². The molecule has 2 atom stereocenters. The first-order valence-corrected chi connectivity index (χ1v) is 9.68. The minimum Gasteiger partial charge on any atom is -0.484 e. The topological polar surface area (TPSA) is 83.9 Å². The van der Waals surface area contributed by atoms with Crippen molar-refractivity contribution >= 4 is 5.91 Å². The van der Waals surface area contributed by atoms with E-state index in [4.69, 9.17) is 14.6 Å². The summed E-state index contributed by atoms with van der Waals surface area (Å²) in [7, 11) is 0. The van der Waals surface area contributed by atoms with Crippen LogP contribution in [-0.2, 0) is 4.79 Å². The van der Waals surface area contributed by atoms with Crippen LogP contribution in [0.3, 0.4) is 0 Å². The van der Waals surface area contributed by atoms with Gasteiger partial charge in [-0.15, -0.1) is 0 Å². The fraction of sp³-hybridized carbons (Fsp3) is 0.429. The van der Waals surface area contributed by atoms with Crippen molar-refractivity contribution in [2.75, 3.05) is 26.3 Å². The molecule has 28 heavy (non-hydrogen) atoms. The number of hydrogen-bond donors (Lipinski definition) is 2. The van der Waals surface area contributed by atoms with Crippen LogP contribution < -0.4 is 14.8 Å². The van der Waals surface area contributed by atoms with Gasteiger partial charge in [-0.05, 0) is 30.5 Å². The van der Waals surface area contributed by atoms with Gasteiger partial charge in [0.05, 0.1) is 6.04 Å². The van der Waals surface area contributed by atoms with Crippen LogP contribution in [0.2, 0.25) is 0 Å². The van der Waals surface area contributed by atoms with Gasteiger partial charge in [-0.1, -0.05) is 30.3 Å². The number of fused-ring (bicyclic) bond motifs is 1. The number of likely N-dealkylation sites (tertiary alicyclic amines) is 1. The van der Waals surface area contributed by atoms with Crippen molar-refractivity contribution in [3.05, 3.63) is 54.2 Å².